The van der Waals surface area contributed by atoms with Crippen molar-refractivity contribution >= 4 is 17.3 Å². The molecule has 23 heavy (non-hydrogen) atoms. The quantitative estimate of drug-likeness (QED) is 0.717. The number of rotatable bonds is 7. The third-order valence-electron chi connectivity index (χ3n) is 3.25. The Hall–Kier alpha value is -2.61. The number of ether oxygens (including phenoxy) is 2. The molecular formula is C15H17N5O2S. The number of methoxy groups -OCH3 is 1. The van der Waals surface area contributed by atoms with Gasteiger partial charge in [0.25, 0.3) is 0 Å². The van der Waals surface area contributed by atoms with Crippen molar-refractivity contribution in [2.45, 2.75) is 13.2 Å². The van der Waals surface area contributed by atoms with Crippen molar-refractivity contribution in [1.82, 2.24) is 20.2 Å². The van der Waals surface area contributed by atoms with E-state index < -0.39 is 0 Å². The van der Waals surface area contributed by atoms with Crippen LogP contribution in [0.4, 0.5) is 5.95 Å². The summed E-state index contributed by atoms with van der Waals surface area (Å²) in [6, 6.07) is 9.91. The van der Waals surface area contributed by atoms with E-state index in [1.807, 2.05) is 35.7 Å². The Morgan fingerprint density at radius 2 is 2.17 bits per heavy atom. The van der Waals surface area contributed by atoms with Gasteiger partial charge in [-0.15, -0.1) is 11.3 Å². The van der Waals surface area contributed by atoms with Gasteiger partial charge in [0.2, 0.25) is 5.95 Å². The minimum absolute atomic E-state index is 0.538. The first kappa shape index (κ1) is 15.3. The molecule has 1 aromatic carbocycles. The minimum Gasteiger partial charge on any atom is -0.493 e. The average Bonchev–Trinajstić information content (AvgIpc) is 3.23. The molecule has 0 saturated heterocycles. The standard InChI is InChI=1S/C15H17N5O2S/c1-20-15(17-18-19-20)16-9-11-5-6-13(14(8-11)21-2)22-10-12-4-3-7-23-12/h3-8H,9-10H2,1-2H3,(H,16,17,19). The third kappa shape index (κ3) is 3.78. The maximum Gasteiger partial charge on any atom is 0.242 e. The molecule has 0 spiro atoms. The van der Waals surface area contributed by atoms with Gasteiger partial charge in [-0.2, -0.15) is 0 Å². The normalized spacial score (nSPS) is 10.5. The van der Waals surface area contributed by atoms with Gasteiger partial charge in [0.1, 0.15) is 6.61 Å². The summed E-state index contributed by atoms with van der Waals surface area (Å²) >= 11 is 1.67. The zero-order valence-corrected chi connectivity index (χ0v) is 13.7. The number of nitrogens with one attached hydrogen (secondary N) is 1. The molecule has 0 bridgehead atoms. The lowest BCUT2D eigenvalue weighted by Gasteiger charge is -2.12. The molecule has 0 amide bonds. The van der Waals surface area contributed by atoms with Crippen LogP contribution in [0.2, 0.25) is 0 Å². The first-order valence-corrected chi connectivity index (χ1v) is 7.92. The zero-order chi connectivity index (χ0) is 16.1. The van der Waals surface area contributed by atoms with Crippen molar-refractivity contribution in [1.29, 1.82) is 0 Å². The van der Waals surface area contributed by atoms with Crippen LogP contribution in [0.15, 0.2) is 35.7 Å². The van der Waals surface area contributed by atoms with Gasteiger partial charge in [0, 0.05) is 18.5 Å². The Morgan fingerprint density at radius 3 is 2.87 bits per heavy atom. The highest BCUT2D eigenvalue weighted by Gasteiger charge is 2.08. The number of nitrogens with zero attached hydrogens (tertiary/aromatic N) is 4. The molecule has 3 rings (SSSR count). The van der Waals surface area contributed by atoms with Crippen molar-refractivity contribution in [3.8, 4) is 11.5 Å². The summed E-state index contributed by atoms with van der Waals surface area (Å²) in [5.74, 6) is 2.05. The van der Waals surface area contributed by atoms with E-state index in [4.69, 9.17) is 9.47 Å². The van der Waals surface area contributed by atoms with Crippen LogP contribution < -0.4 is 14.8 Å². The van der Waals surface area contributed by atoms with E-state index in [0.29, 0.717) is 24.8 Å². The fraction of sp³-hybridized carbons (Fsp3) is 0.267. The van der Waals surface area contributed by atoms with Gasteiger partial charge in [-0.05, 0) is 39.6 Å². The summed E-state index contributed by atoms with van der Waals surface area (Å²) in [6.45, 7) is 1.13. The van der Waals surface area contributed by atoms with Crippen molar-refractivity contribution < 1.29 is 9.47 Å². The number of benzene rings is 1. The molecule has 1 N–H and O–H groups in total. The highest BCUT2D eigenvalue weighted by atomic mass is 32.1. The van der Waals surface area contributed by atoms with Crippen LogP contribution in [0.1, 0.15) is 10.4 Å². The van der Waals surface area contributed by atoms with Crippen molar-refractivity contribution in [2.24, 2.45) is 7.05 Å². The molecule has 0 aliphatic heterocycles. The maximum atomic E-state index is 5.83. The lowest BCUT2D eigenvalue weighted by atomic mass is 10.2. The number of aryl methyl sites for hydroxylation is 1. The summed E-state index contributed by atoms with van der Waals surface area (Å²) in [6.07, 6.45) is 0. The van der Waals surface area contributed by atoms with Gasteiger partial charge < -0.3 is 14.8 Å². The number of thiophene rings is 1. The second-order valence-corrected chi connectivity index (χ2v) is 5.87. The largest absolute Gasteiger partial charge is 0.493 e. The van der Waals surface area contributed by atoms with Crippen LogP contribution in [-0.2, 0) is 20.2 Å². The van der Waals surface area contributed by atoms with E-state index in [1.165, 1.54) is 4.88 Å². The molecule has 0 unspecified atom stereocenters. The van der Waals surface area contributed by atoms with E-state index >= 15 is 0 Å². The van der Waals surface area contributed by atoms with Crippen LogP contribution in [-0.4, -0.2) is 27.3 Å². The van der Waals surface area contributed by atoms with Crippen LogP contribution in [0.5, 0.6) is 11.5 Å². The summed E-state index contributed by atoms with van der Waals surface area (Å²) in [5.41, 5.74) is 1.05. The molecule has 0 aliphatic rings. The van der Waals surface area contributed by atoms with Crippen molar-refractivity contribution in [2.75, 3.05) is 12.4 Å². The Labute approximate surface area is 137 Å². The average molecular weight is 331 g/mol. The van der Waals surface area contributed by atoms with Gasteiger partial charge in [-0.1, -0.05) is 17.2 Å². The SMILES string of the molecule is COc1cc(CNc2nnnn2C)ccc1OCc1cccs1. The molecule has 0 atom stereocenters. The summed E-state index contributed by atoms with van der Waals surface area (Å²) in [7, 11) is 3.42. The third-order valence-corrected chi connectivity index (χ3v) is 4.10. The van der Waals surface area contributed by atoms with Crippen LogP contribution in [0.25, 0.3) is 0 Å². The molecule has 7 nitrogen and oxygen atoms in total. The molecular weight excluding hydrogens is 314 g/mol. The molecule has 2 heterocycles. The van der Waals surface area contributed by atoms with Crippen LogP contribution >= 0.6 is 11.3 Å². The van der Waals surface area contributed by atoms with E-state index in [0.717, 1.165) is 11.3 Å². The lowest BCUT2D eigenvalue weighted by molar-refractivity contribution is 0.287. The Bertz CT molecular complexity index is 757. The number of anilines is 1. The van der Waals surface area contributed by atoms with Crippen molar-refractivity contribution in [3.05, 3.63) is 46.2 Å². The Kier molecular flexibility index (Phi) is 4.72. The maximum absolute atomic E-state index is 5.83. The number of tetrazole rings is 1. The lowest BCUT2D eigenvalue weighted by Crippen LogP contribution is -2.06. The number of hydrogen-bond donors (Lipinski definition) is 1. The smallest absolute Gasteiger partial charge is 0.242 e. The topological polar surface area (TPSA) is 74.1 Å². The van der Waals surface area contributed by atoms with Crippen molar-refractivity contribution in [3.63, 3.8) is 0 Å². The monoisotopic (exact) mass is 331 g/mol. The van der Waals surface area contributed by atoms with Gasteiger partial charge in [0.15, 0.2) is 11.5 Å². The second kappa shape index (κ2) is 7.10. The fourth-order valence-electron chi connectivity index (χ4n) is 2.05. The first-order valence-electron chi connectivity index (χ1n) is 7.04. The highest BCUT2D eigenvalue weighted by molar-refractivity contribution is 7.09. The van der Waals surface area contributed by atoms with E-state index in [2.05, 4.69) is 20.8 Å². The van der Waals surface area contributed by atoms with Gasteiger partial charge in [0.05, 0.1) is 7.11 Å². The van der Waals surface area contributed by atoms with Crippen LogP contribution in [0, 0.1) is 0 Å². The summed E-state index contributed by atoms with van der Waals surface area (Å²) < 4.78 is 12.8. The second-order valence-electron chi connectivity index (χ2n) is 4.83. The highest BCUT2D eigenvalue weighted by Crippen LogP contribution is 2.29. The molecule has 8 heteroatoms. The number of hydrogen-bond acceptors (Lipinski definition) is 7. The van der Waals surface area contributed by atoms with Gasteiger partial charge >= 0.3 is 0 Å². The van der Waals surface area contributed by atoms with Gasteiger partial charge in [-0.25, -0.2) is 4.68 Å². The van der Waals surface area contributed by atoms with Crippen LogP contribution in [0.3, 0.4) is 0 Å². The molecule has 3 aromatic rings. The van der Waals surface area contributed by atoms with Gasteiger partial charge in [-0.3, -0.25) is 0 Å². The Morgan fingerprint density at radius 1 is 1.26 bits per heavy atom. The fourth-order valence-corrected chi connectivity index (χ4v) is 2.66. The van der Waals surface area contributed by atoms with E-state index in [1.54, 1.807) is 30.2 Å². The molecule has 0 fully saturated rings. The molecule has 0 aliphatic carbocycles. The Balaban J connectivity index is 1.65. The van der Waals surface area contributed by atoms with E-state index in [9.17, 15) is 0 Å². The summed E-state index contributed by atoms with van der Waals surface area (Å²) in [5, 5.41) is 16.4. The minimum atomic E-state index is 0.538. The summed E-state index contributed by atoms with van der Waals surface area (Å²) in [4.78, 5) is 1.17. The van der Waals surface area contributed by atoms with E-state index in [-0.39, 0.29) is 0 Å². The first-order chi connectivity index (χ1) is 11.3. The predicted octanol–water partition coefficient (Wildman–Crippen LogP) is 2.47. The number of aromatic nitrogens is 4. The zero-order valence-electron chi connectivity index (χ0n) is 12.9. The molecule has 2 aromatic heterocycles. The predicted molar refractivity (Wildman–Crippen MR) is 87.8 cm³/mol. The molecule has 0 radical (unpaired) electrons. The molecule has 120 valence electrons. The molecule has 0 saturated carbocycles.